The number of carboxylic acids is 1. The van der Waals surface area contributed by atoms with Gasteiger partial charge in [-0.15, -0.1) is 0 Å². The van der Waals surface area contributed by atoms with Crippen LogP contribution in [-0.4, -0.2) is 23.1 Å². The minimum Gasteiger partial charge on any atom is -0.478 e. The quantitative estimate of drug-likeness (QED) is 0.600. The molecule has 0 radical (unpaired) electrons. The Kier molecular flexibility index (Phi) is 3.72. The third-order valence-electron chi connectivity index (χ3n) is 1.97. The average molecular weight is 216 g/mol. The van der Waals surface area contributed by atoms with E-state index in [0.717, 1.165) is 5.56 Å². The molecule has 0 saturated carbocycles. The van der Waals surface area contributed by atoms with Crippen LogP contribution in [0.1, 0.15) is 21.5 Å². The third-order valence-corrected chi connectivity index (χ3v) is 1.97. The summed E-state index contributed by atoms with van der Waals surface area (Å²) in [4.78, 5) is 14.7. The largest absolute Gasteiger partial charge is 0.478 e. The second kappa shape index (κ2) is 5.02. The van der Waals surface area contributed by atoms with Gasteiger partial charge in [0, 0.05) is 11.8 Å². The highest BCUT2D eigenvalue weighted by Crippen LogP contribution is 2.13. The maximum Gasteiger partial charge on any atom is 0.336 e. The van der Waals surface area contributed by atoms with Crippen molar-refractivity contribution in [3.05, 3.63) is 47.5 Å². The van der Waals surface area contributed by atoms with Crippen LogP contribution < -0.4 is 0 Å². The molecule has 16 heavy (non-hydrogen) atoms. The molecule has 0 fully saturated rings. The van der Waals surface area contributed by atoms with Gasteiger partial charge in [-0.2, -0.15) is 0 Å². The minimum absolute atomic E-state index is 0.0858. The Morgan fingerprint density at radius 2 is 2.19 bits per heavy atom. The molecule has 0 heterocycles. The maximum atomic E-state index is 11.0. The summed E-state index contributed by atoms with van der Waals surface area (Å²) in [7, 11) is 0. The van der Waals surface area contributed by atoms with Crippen molar-refractivity contribution >= 4 is 18.0 Å². The number of carboxylic acid groups (broad SMARTS) is 1. The lowest BCUT2D eigenvalue weighted by Gasteiger charge is -2.04. The van der Waals surface area contributed by atoms with Crippen LogP contribution in [0.4, 0.5) is 0 Å². The molecule has 1 rings (SSSR count). The van der Waals surface area contributed by atoms with Gasteiger partial charge in [0.1, 0.15) is 0 Å². The molecule has 0 aliphatic heterocycles. The van der Waals surface area contributed by atoms with Crippen LogP contribution in [0, 0.1) is 12.3 Å². The lowest BCUT2D eigenvalue weighted by atomic mass is 10.0. The van der Waals surface area contributed by atoms with Crippen LogP contribution in [0.15, 0.2) is 35.8 Å². The average Bonchev–Trinajstić information content (AvgIpc) is 2.25. The van der Waals surface area contributed by atoms with Crippen molar-refractivity contribution in [3.63, 3.8) is 0 Å². The number of allylic oxidation sites excluding steroid dienone is 1. The zero-order chi connectivity index (χ0) is 12.1. The SMILES string of the molecule is C=CC=NC(=N)c1ccc(C)cc1C(=O)O. The summed E-state index contributed by atoms with van der Waals surface area (Å²) >= 11 is 0. The van der Waals surface area contributed by atoms with Gasteiger partial charge in [0.15, 0.2) is 5.84 Å². The van der Waals surface area contributed by atoms with E-state index in [2.05, 4.69) is 11.6 Å². The first-order chi connectivity index (χ1) is 7.56. The lowest BCUT2D eigenvalue weighted by Crippen LogP contribution is -2.07. The van der Waals surface area contributed by atoms with Crippen molar-refractivity contribution in [1.29, 1.82) is 5.41 Å². The van der Waals surface area contributed by atoms with Crippen molar-refractivity contribution in [2.24, 2.45) is 4.99 Å². The fourth-order valence-electron chi connectivity index (χ4n) is 1.24. The predicted octanol–water partition coefficient (Wildman–Crippen LogP) is 2.28. The molecule has 0 saturated heterocycles. The van der Waals surface area contributed by atoms with Gasteiger partial charge in [0.2, 0.25) is 0 Å². The summed E-state index contributed by atoms with van der Waals surface area (Å²) in [6.45, 7) is 5.23. The maximum absolute atomic E-state index is 11.0. The van der Waals surface area contributed by atoms with Crippen LogP contribution in [0.25, 0.3) is 0 Å². The molecule has 0 amide bonds. The highest BCUT2D eigenvalue weighted by atomic mass is 16.4. The predicted molar refractivity (Wildman–Crippen MR) is 63.7 cm³/mol. The highest BCUT2D eigenvalue weighted by molar-refractivity contribution is 6.09. The number of nitrogens with zero attached hydrogens (tertiary/aromatic N) is 1. The first-order valence-electron chi connectivity index (χ1n) is 4.64. The Morgan fingerprint density at radius 1 is 1.50 bits per heavy atom. The van der Waals surface area contributed by atoms with Crippen LogP contribution >= 0.6 is 0 Å². The summed E-state index contributed by atoms with van der Waals surface area (Å²) in [6, 6.07) is 4.86. The van der Waals surface area contributed by atoms with Crippen molar-refractivity contribution in [2.75, 3.05) is 0 Å². The van der Waals surface area contributed by atoms with Gasteiger partial charge in [-0.3, -0.25) is 5.41 Å². The van der Waals surface area contributed by atoms with Crippen LogP contribution in [0.5, 0.6) is 0 Å². The van der Waals surface area contributed by atoms with E-state index in [1.54, 1.807) is 19.1 Å². The molecule has 0 spiro atoms. The van der Waals surface area contributed by atoms with E-state index in [1.807, 2.05) is 0 Å². The normalized spacial score (nSPS) is 10.3. The highest BCUT2D eigenvalue weighted by Gasteiger charge is 2.12. The van der Waals surface area contributed by atoms with Gasteiger partial charge in [0.25, 0.3) is 0 Å². The molecule has 0 aliphatic rings. The van der Waals surface area contributed by atoms with Gasteiger partial charge in [0.05, 0.1) is 5.56 Å². The topological polar surface area (TPSA) is 73.5 Å². The molecule has 4 heteroatoms. The van der Waals surface area contributed by atoms with Crippen molar-refractivity contribution < 1.29 is 9.90 Å². The Hall–Kier alpha value is -2.23. The van der Waals surface area contributed by atoms with Crippen molar-refractivity contribution in [2.45, 2.75) is 6.92 Å². The van der Waals surface area contributed by atoms with Crippen LogP contribution in [-0.2, 0) is 0 Å². The summed E-state index contributed by atoms with van der Waals surface area (Å²) in [6.07, 6.45) is 2.79. The number of aryl methyl sites for hydroxylation is 1. The van der Waals surface area contributed by atoms with E-state index in [-0.39, 0.29) is 11.4 Å². The smallest absolute Gasteiger partial charge is 0.336 e. The van der Waals surface area contributed by atoms with E-state index >= 15 is 0 Å². The van der Waals surface area contributed by atoms with Crippen LogP contribution in [0.2, 0.25) is 0 Å². The van der Waals surface area contributed by atoms with Gasteiger partial charge in [-0.1, -0.05) is 30.4 Å². The minimum atomic E-state index is -1.06. The molecule has 1 aromatic rings. The number of amidine groups is 1. The van der Waals surface area contributed by atoms with Gasteiger partial charge in [-0.05, 0) is 13.0 Å². The number of rotatable bonds is 3. The summed E-state index contributed by atoms with van der Waals surface area (Å²) < 4.78 is 0. The zero-order valence-electron chi connectivity index (χ0n) is 8.90. The fraction of sp³-hybridized carbons (Fsp3) is 0.0833. The Morgan fingerprint density at radius 3 is 2.75 bits per heavy atom. The van der Waals surface area contributed by atoms with E-state index in [1.165, 1.54) is 18.4 Å². The van der Waals surface area contributed by atoms with Crippen molar-refractivity contribution in [3.8, 4) is 0 Å². The first-order valence-corrected chi connectivity index (χ1v) is 4.64. The molecule has 0 aliphatic carbocycles. The number of hydrogen-bond donors (Lipinski definition) is 2. The van der Waals surface area contributed by atoms with Gasteiger partial charge in [-0.25, -0.2) is 9.79 Å². The third kappa shape index (κ3) is 2.63. The van der Waals surface area contributed by atoms with E-state index in [4.69, 9.17) is 10.5 Å². The number of benzene rings is 1. The van der Waals surface area contributed by atoms with Gasteiger partial charge < -0.3 is 5.11 Å². The second-order valence-electron chi connectivity index (χ2n) is 3.22. The van der Waals surface area contributed by atoms with E-state index in [0.29, 0.717) is 5.56 Å². The molecule has 4 nitrogen and oxygen atoms in total. The fourth-order valence-corrected chi connectivity index (χ4v) is 1.24. The van der Waals surface area contributed by atoms with Crippen molar-refractivity contribution in [1.82, 2.24) is 0 Å². The molecule has 82 valence electrons. The number of aromatic carboxylic acids is 1. The Bertz CT molecular complexity index is 476. The number of aliphatic imine (C=N–C) groups is 1. The molecular formula is C12H12N2O2. The van der Waals surface area contributed by atoms with Crippen LogP contribution in [0.3, 0.4) is 0 Å². The number of nitrogens with one attached hydrogen (secondary N) is 1. The summed E-state index contributed by atoms with van der Waals surface area (Å²) in [5.74, 6) is -1.14. The van der Waals surface area contributed by atoms with E-state index in [9.17, 15) is 4.79 Å². The second-order valence-corrected chi connectivity index (χ2v) is 3.22. The zero-order valence-corrected chi connectivity index (χ0v) is 8.90. The molecule has 1 aromatic carbocycles. The molecular weight excluding hydrogens is 204 g/mol. The Labute approximate surface area is 93.5 Å². The number of hydrogen-bond acceptors (Lipinski definition) is 2. The molecule has 0 unspecified atom stereocenters. The number of carbonyl (C=O) groups is 1. The molecule has 0 bridgehead atoms. The molecule has 2 N–H and O–H groups in total. The molecule has 0 atom stereocenters. The van der Waals surface area contributed by atoms with E-state index < -0.39 is 5.97 Å². The standard InChI is InChI=1S/C12H12N2O2/c1-3-6-14-11(13)9-5-4-8(2)7-10(9)12(15)16/h3-7,13H,1H2,2H3,(H,15,16). The molecule has 0 aromatic heterocycles. The lowest BCUT2D eigenvalue weighted by molar-refractivity contribution is 0.0696. The van der Waals surface area contributed by atoms with Gasteiger partial charge >= 0.3 is 5.97 Å². The monoisotopic (exact) mass is 216 g/mol. The first kappa shape index (κ1) is 11.8. The summed E-state index contributed by atoms with van der Waals surface area (Å²) in [5, 5.41) is 16.6. The summed E-state index contributed by atoms with van der Waals surface area (Å²) in [5.41, 5.74) is 1.23. The Balaban J connectivity index is 3.22.